The molecule has 5 atom stereocenters. The quantitative estimate of drug-likeness (QED) is 0.641. The first-order chi connectivity index (χ1) is 14.2. The standard InChI is InChI=1S/C21H24ClN5O3/c1-11-5-15-9-21(8-11,19(29)26-25-12(2)28)27(15)20(30)24-14-3-4-18(22)17(7-14)16-6-13(16)10-23/h3-4,7,11,13,15-16H,5-6,8-9H2,1-2H3,(H,24,30)(H,25,28)(H,26,29)/t11?,13-,15?,16-,21?/m1/s1. The molecule has 4 rings (SSSR count). The van der Waals surface area contributed by atoms with Gasteiger partial charge in [0, 0.05) is 36.0 Å². The number of halogens is 1. The molecule has 0 spiro atoms. The van der Waals surface area contributed by atoms with Crippen molar-refractivity contribution in [2.45, 2.75) is 57.0 Å². The molecule has 2 saturated carbocycles. The third kappa shape index (κ3) is 3.47. The fraction of sp³-hybridized carbons (Fsp3) is 0.524. The number of nitrogens with one attached hydrogen (secondary N) is 3. The summed E-state index contributed by atoms with van der Waals surface area (Å²) in [4.78, 5) is 38.8. The second kappa shape index (κ2) is 7.47. The number of nitriles is 1. The van der Waals surface area contributed by atoms with Gasteiger partial charge in [-0.2, -0.15) is 5.26 Å². The van der Waals surface area contributed by atoms with Crippen molar-refractivity contribution in [3.63, 3.8) is 0 Å². The van der Waals surface area contributed by atoms with E-state index in [2.05, 4.69) is 29.2 Å². The van der Waals surface area contributed by atoms with Crippen LogP contribution in [0.25, 0.3) is 0 Å². The minimum Gasteiger partial charge on any atom is -0.308 e. The molecule has 30 heavy (non-hydrogen) atoms. The number of nitrogens with zero attached hydrogens (tertiary/aromatic N) is 2. The fourth-order valence-corrected chi connectivity index (χ4v) is 5.26. The zero-order valence-corrected chi connectivity index (χ0v) is 17.6. The van der Waals surface area contributed by atoms with E-state index >= 15 is 0 Å². The van der Waals surface area contributed by atoms with Gasteiger partial charge in [-0.1, -0.05) is 18.5 Å². The third-order valence-electron chi connectivity index (χ3n) is 6.36. The molecule has 3 aliphatic rings. The first-order valence-corrected chi connectivity index (χ1v) is 10.5. The van der Waals surface area contributed by atoms with Gasteiger partial charge in [-0.15, -0.1) is 0 Å². The molecule has 2 aliphatic carbocycles. The maximum atomic E-state index is 13.1. The van der Waals surface area contributed by atoms with Crippen molar-refractivity contribution >= 4 is 35.1 Å². The average molecular weight is 430 g/mol. The zero-order chi connectivity index (χ0) is 21.6. The van der Waals surface area contributed by atoms with Gasteiger partial charge in [0.1, 0.15) is 5.54 Å². The Bertz CT molecular complexity index is 960. The topological polar surface area (TPSA) is 114 Å². The number of anilines is 1. The number of carbonyl (C=O) groups excluding carboxylic acids is 3. The molecule has 1 aromatic carbocycles. The molecule has 8 nitrogen and oxygen atoms in total. The molecule has 0 aromatic heterocycles. The number of hydrazine groups is 1. The highest BCUT2D eigenvalue weighted by Gasteiger charge is 2.62. The highest BCUT2D eigenvalue weighted by molar-refractivity contribution is 6.31. The monoisotopic (exact) mass is 429 g/mol. The summed E-state index contributed by atoms with van der Waals surface area (Å²) in [6, 6.07) is 7.13. The Morgan fingerprint density at radius 3 is 2.67 bits per heavy atom. The molecule has 3 N–H and O–H groups in total. The number of hydrogen-bond donors (Lipinski definition) is 3. The second-order valence-electron chi connectivity index (χ2n) is 8.68. The summed E-state index contributed by atoms with van der Waals surface area (Å²) in [6.07, 6.45) is 2.72. The lowest BCUT2D eigenvalue weighted by molar-refractivity contribution is -0.157. The summed E-state index contributed by atoms with van der Waals surface area (Å²) in [5.74, 6) is -0.387. The lowest BCUT2D eigenvalue weighted by atomic mass is 9.64. The predicted octanol–water partition coefficient (Wildman–Crippen LogP) is 2.91. The van der Waals surface area contributed by atoms with Gasteiger partial charge < -0.3 is 10.2 Å². The number of piperidine rings is 1. The Kier molecular flexibility index (Phi) is 5.10. The number of benzene rings is 1. The van der Waals surface area contributed by atoms with Crippen LogP contribution in [0.5, 0.6) is 0 Å². The van der Waals surface area contributed by atoms with Gasteiger partial charge in [-0.3, -0.25) is 20.4 Å². The number of fused-ring (bicyclic) bond motifs is 2. The van der Waals surface area contributed by atoms with E-state index in [4.69, 9.17) is 16.9 Å². The largest absolute Gasteiger partial charge is 0.323 e. The molecule has 3 fully saturated rings. The molecule has 158 valence electrons. The van der Waals surface area contributed by atoms with Crippen LogP contribution in [0.2, 0.25) is 5.02 Å². The average Bonchev–Trinajstić information content (AvgIpc) is 3.46. The lowest BCUT2D eigenvalue weighted by Gasteiger charge is -2.61. The summed E-state index contributed by atoms with van der Waals surface area (Å²) >= 11 is 6.29. The zero-order valence-electron chi connectivity index (χ0n) is 16.9. The number of amides is 4. The minimum absolute atomic E-state index is 0.0185. The van der Waals surface area contributed by atoms with Gasteiger partial charge >= 0.3 is 6.03 Å². The number of urea groups is 1. The van der Waals surface area contributed by atoms with Crippen molar-refractivity contribution in [2.75, 3.05) is 5.32 Å². The number of hydrogen-bond acceptors (Lipinski definition) is 4. The van der Waals surface area contributed by atoms with E-state index in [1.54, 1.807) is 17.0 Å². The Morgan fingerprint density at radius 2 is 2.00 bits per heavy atom. The van der Waals surface area contributed by atoms with Gasteiger partial charge in [-0.05, 0) is 48.9 Å². The van der Waals surface area contributed by atoms with Crippen LogP contribution in [-0.4, -0.2) is 34.3 Å². The van der Waals surface area contributed by atoms with Crippen LogP contribution in [0.15, 0.2) is 18.2 Å². The van der Waals surface area contributed by atoms with E-state index in [1.807, 2.05) is 6.07 Å². The SMILES string of the molecule is CC(=O)NNC(=O)C12CC(C)CC(C1)N2C(=O)Nc1ccc(Cl)c([C@@H]2C[C@@H]2C#N)c1. The van der Waals surface area contributed by atoms with Gasteiger partial charge in [0.05, 0.1) is 12.0 Å². The molecule has 3 unspecified atom stereocenters. The van der Waals surface area contributed by atoms with E-state index in [9.17, 15) is 14.4 Å². The summed E-state index contributed by atoms with van der Waals surface area (Å²) < 4.78 is 0. The van der Waals surface area contributed by atoms with Gasteiger partial charge in [0.2, 0.25) is 5.91 Å². The molecule has 1 heterocycles. The van der Waals surface area contributed by atoms with E-state index in [0.717, 1.165) is 18.4 Å². The summed E-state index contributed by atoms with van der Waals surface area (Å²) in [7, 11) is 0. The number of carbonyl (C=O) groups is 3. The first-order valence-electron chi connectivity index (χ1n) is 10.1. The molecule has 2 bridgehead atoms. The van der Waals surface area contributed by atoms with E-state index in [0.29, 0.717) is 29.5 Å². The van der Waals surface area contributed by atoms with Crippen molar-refractivity contribution in [2.24, 2.45) is 11.8 Å². The Balaban J connectivity index is 1.51. The normalized spacial score (nSPS) is 31.1. The van der Waals surface area contributed by atoms with Crippen LogP contribution in [0, 0.1) is 23.2 Å². The first kappa shape index (κ1) is 20.5. The van der Waals surface area contributed by atoms with Crippen LogP contribution in [0.1, 0.15) is 51.0 Å². The predicted molar refractivity (Wildman–Crippen MR) is 110 cm³/mol. The van der Waals surface area contributed by atoms with Crippen LogP contribution in [0.3, 0.4) is 0 Å². The van der Waals surface area contributed by atoms with Crippen LogP contribution < -0.4 is 16.2 Å². The molecule has 1 aromatic rings. The summed E-state index contributed by atoms with van der Waals surface area (Å²) in [6.45, 7) is 3.37. The highest BCUT2D eigenvalue weighted by atomic mass is 35.5. The van der Waals surface area contributed by atoms with Crippen molar-refractivity contribution in [3.05, 3.63) is 28.8 Å². The smallest absolute Gasteiger partial charge is 0.308 e. The van der Waals surface area contributed by atoms with Crippen molar-refractivity contribution in [1.29, 1.82) is 5.26 Å². The second-order valence-corrected chi connectivity index (χ2v) is 9.09. The maximum absolute atomic E-state index is 13.1. The van der Waals surface area contributed by atoms with E-state index in [1.165, 1.54) is 6.92 Å². The van der Waals surface area contributed by atoms with E-state index in [-0.39, 0.29) is 35.7 Å². The van der Waals surface area contributed by atoms with Gasteiger partial charge in [0.25, 0.3) is 5.91 Å². The summed E-state index contributed by atoms with van der Waals surface area (Å²) in [5.41, 5.74) is 5.24. The third-order valence-corrected chi connectivity index (χ3v) is 6.70. The van der Waals surface area contributed by atoms with Gasteiger partial charge in [-0.25, -0.2) is 4.79 Å². The molecule has 1 aliphatic heterocycles. The van der Waals surface area contributed by atoms with Crippen molar-refractivity contribution in [1.82, 2.24) is 15.8 Å². The molecule has 4 amide bonds. The minimum atomic E-state index is -0.966. The fourth-order valence-electron chi connectivity index (χ4n) is 5.00. The Morgan fingerprint density at radius 1 is 1.23 bits per heavy atom. The molecular weight excluding hydrogens is 406 g/mol. The van der Waals surface area contributed by atoms with Gasteiger partial charge in [0.15, 0.2) is 0 Å². The molecule has 9 heteroatoms. The highest BCUT2D eigenvalue weighted by Crippen LogP contribution is 2.51. The van der Waals surface area contributed by atoms with Crippen LogP contribution >= 0.6 is 11.6 Å². The Hall–Kier alpha value is -2.79. The molecule has 0 radical (unpaired) electrons. The maximum Gasteiger partial charge on any atom is 0.323 e. The van der Waals surface area contributed by atoms with E-state index < -0.39 is 5.54 Å². The van der Waals surface area contributed by atoms with Crippen molar-refractivity contribution in [3.8, 4) is 6.07 Å². The van der Waals surface area contributed by atoms with Crippen molar-refractivity contribution < 1.29 is 14.4 Å². The lowest BCUT2D eigenvalue weighted by Crippen LogP contribution is -2.77. The molecule has 1 saturated heterocycles. The number of rotatable bonds is 3. The molecular formula is C21H24ClN5O3. The number of likely N-dealkylation sites (tertiary alicyclic amines) is 1. The Labute approximate surface area is 179 Å². The summed E-state index contributed by atoms with van der Waals surface area (Å²) in [5, 5.41) is 12.6. The van der Waals surface area contributed by atoms with Crippen LogP contribution in [-0.2, 0) is 9.59 Å². The van der Waals surface area contributed by atoms with Crippen LogP contribution in [0.4, 0.5) is 10.5 Å².